The van der Waals surface area contributed by atoms with Crippen molar-refractivity contribution in [1.29, 1.82) is 0 Å². The van der Waals surface area contributed by atoms with Crippen molar-refractivity contribution in [2.24, 2.45) is 0 Å². The van der Waals surface area contributed by atoms with E-state index in [1.165, 1.54) is 16.7 Å². The third kappa shape index (κ3) is 5.81. The SMILES string of the molecule is CCOc1ccccc1NC(=O)CCN1C(=O)C(=CC=Cc2ccccc2)SC1=S. The third-order valence-electron chi connectivity index (χ3n) is 4.23. The fourth-order valence-corrected chi connectivity index (χ4v) is 4.06. The number of anilines is 1. The zero-order valence-corrected chi connectivity index (χ0v) is 18.2. The number of thiocarbonyl (C=S) groups is 1. The Morgan fingerprint density at radius 1 is 1.17 bits per heavy atom. The Balaban J connectivity index is 1.56. The number of thioether (sulfide) groups is 1. The molecule has 0 saturated carbocycles. The fourth-order valence-electron chi connectivity index (χ4n) is 2.79. The van der Waals surface area contributed by atoms with Gasteiger partial charge in [0.2, 0.25) is 5.91 Å². The highest BCUT2D eigenvalue weighted by molar-refractivity contribution is 8.26. The summed E-state index contributed by atoms with van der Waals surface area (Å²) in [6.07, 6.45) is 5.65. The summed E-state index contributed by atoms with van der Waals surface area (Å²) in [6.45, 7) is 2.62. The zero-order valence-electron chi connectivity index (χ0n) is 16.5. The van der Waals surface area contributed by atoms with Crippen molar-refractivity contribution in [2.75, 3.05) is 18.5 Å². The summed E-state index contributed by atoms with van der Waals surface area (Å²) in [7, 11) is 0. The maximum atomic E-state index is 12.6. The van der Waals surface area contributed by atoms with Crippen molar-refractivity contribution in [1.82, 2.24) is 4.90 Å². The van der Waals surface area contributed by atoms with Crippen molar-refractivity contribution in [3.63, 3.8) is 0 Å². The lowest BCUT2D eigenvalue weighted by molar-refractivity contribution is -0.122. The minimum absolute atomic E-state index is 0.139. The van der Waals surface area contributed by atoms with Crippen LogP contribution >= 0.6 is 24.0 Å². The summed E-state index contributed by atoms with van der Waals surface area (Å²) in [5.74, 6) is 0.237. The second kappa shape index (κ2) is 10.8. The predicted octanol–water partition coefficient (Wildman–Crippen LogP) is 4.87. The standard InChI is InChI=1S/C23H22N2O3S2/c1-2-28-19-13-7-6-12-18(19)24-21(26)15-16-25-22(27)20(30-23(25)29)14-8-11-17-9-4-3-5-10-17/h3-14H,2,15-16H2,1H3,(H,24,26). The number of nitrogens with zero attached hydrogens (tertiary/aromatic N) is 1. The van der Waals surface area contributed by atoms with Crippen LogP contribution in [-0.4, -0.2) is 34.2 Å². The summed E-state index contributed by atoms with van der Waals surface area (Å²) < 4.78 is 5.98. The molecule has 30 heavy (non-hydrogen) atoms. The van der Waals surface area contributed by atoms with Crippen molar-refractivity contribution in [3.05, 3.63) is 77.2 Å². The highest BCUT2D eigenvalue weighted by atomic mass is 32.2. The van der Waals surface area contributed by atoms with Gasteiger partial charge >= 0.3 is 0 Å². The summed E-state index contributed by atoms with van der Waals surface area (Å²) >= 11 is 6.57. The Morgan fingerprint density at radius 2 is 1.90 bits per heavy atom. The molecule has 1 fully saturated rings. The van der Waals surface area contributed by atoms with Gasteiger partial charge in [0, 0.05) is 13.0 Å². The minimum atomic E-state index is -0.204. The monoisotopic (exact) mass is 438 g/mol. The molecule has 2 amide bonds. The molecule has 0 aliphatic carbocycles. The highest BCUT2D eigenvalue weighted by Gasteiger charge is 2.31. The van der Waals surface area contributed by atoms with E-state index >= 15 is 0 Å². The molecular formula is C23H22N2O3S2. The van der Waals surface area contributed by atoms with Gasteiger partial charge in [0.05, 0.1) is 17.2 Å². The number of carbonyl (C=O) groups excluding carboxylic acids is 2. The second-order valence-electron chi connectivity index (χ2n) is 6.35. The van der Waals surface area contributed by atoms with Gasteiger partial charge in [0.15, 0.2) is 0 Å². The van der Waals surface area contributed by atoms with Crippen LogP contribution < -0.4 is 10.1 Å². The van der Waals surface area contributed by atoms with Gasteiger partial charge in [-0.25, -0.2) is 0 Å². The van der Waals surface area contributed by atoms with Gasteiger partial charge in [-0.05, 0) is 30.7 Å². The molecule has 5 nitrogen and oxygen atoms in total. The predicted molar refractivity (Wildman–Crippen MR) is 126 cm³/mol. The number of amides is 2. The molecule has 2 aromatic carbocycles. The normalized spacial score (nSPS) is 15.2. The molecule has 3 rings (SSSR count). The van der Waals surface area contributed by atoms with Crippen LogP contribution in [0.4, 0.5) is 5.69 Å². The number of rotatable bonds is 8. The molecule has 0 aromatic heterocycles. The lowest BCUT2D eigenvalue weighted by Crippen LogP contribution is -2.31. The summed E-state index contributed by atoms with van der Waals surface area (Å²) in [5, 5.41) is 2.83. The van der Waals surface area contributed by atoms with Gasteiger partial charge in [-0.15, -0.1) is 0 Å². The molecule has 1 heterocycles. The number of ether oxygens (including phenoxy) is 1. The Kier molecular flexibility index (Phi) is 7.82. The lowest BCUT2D eigenvalue weighted by Gasteiger charge is -2.15. The van der Waals surface area contributed by atoms with Crippen LogP contribution in [-0.2, 0) is 9.59 Å². The van der Waals surface area contributed by atoms with Crippen LogP contribution in [0.3, 0.4) is 0 Å². The number of para-hydroxylation sites is 2. The second-order valence-corrected chi connectivity index (χ2v) is 8.03. The number of benzene rings is 2. The summed E-state index contributed by atoms with van der Waals surface area (Å²) in [4.78, 5) is 27.0. The molecule has 1 aliphatic rings. The van der Waals surface area contributed by atoms with E-state index in [-0.39, 0.29) is 24.8 Å². The molecule has 0 bridgehead atoms. The Labute approximate surface area is 185 Å². The molecule has 154 valence electrons. The topological polar surface area (TPSA) is 58.6 Å². The van der Waals surface area contributed by atoms with Crippen LogP contribution in [0.15, 0.2) is 71.7 Å². The van der Waals surface area contributed by atoms with E-state index < -0.39 is 0 Å². The Bertz CT molecular complexity index is 987. The van der Waals surface area contributed by atoms with Crippen molar-refractivity contribution < 1.29 is 14.3 Å². The molecule has 1 aliphatic heterocycles. The number of hydrogen-bond donors (Lipinski definition) is 1. The Morgan fingerprint density at radius 3 is 2.67 bits per heavy atom. The van der Waals surface area contributed by atoms with Gasteiger partial charge in [-0.1, -0.05) is 78.6 Å². The molecule has 0 atom stereocenters. The molecule has 7 heteroatoms. The molecular weight excluding hydrogens is 416 g/mol. The van der Waals surface area contributed by atoms with E-state index in [9.17, 15) is 9.59 Å². The molecule has 0 radical (unpaired) electrons. The van der Waals surface area contributed by atoms with E-state index in [1.54, 1.807) is 18.2 Å². The van der Waals surface area contributed by atoms with Crippen LogP contribution in [0.2, 0.25) is 0 Å². The van der Waals surface area contributed by atoms with E-state index in [0.717, 1.165) is 5.56 Å². The summed E-state index contributed by atoms with van der Waals surface area (Å²) in [5.41, 5.74) is 1.66. The molecule has 2 aromatic rings. The van der Waals surface area contributed by atoms with Crippen LogP contribution in [0.5, 0.6) is 5.75 Å². The molecule has 0 spiro atoms. The maximum absolute atomic E-state index is 12.6. The van der Waals surface area contributed by atoms with Crippen LogP contribution in [0, 0.1) is 0 Å². The summed E-state index contributed by atoms with van der Waals surface area (Å²) in [6, 6.07) is 17.1. The van der Waals surface area contributed by atoms with Gasteiger partial charge in [-0.2, -0.15) is 0 Å². The fraction of sp³-hybridized carbons (Fsp3) is 0.174. The van der Waals surface area contributed by atoms with Crippen molar-refractivity contribution in [2.45, 2.75) is 13.3 Å². The van der Waals surface area contributed by atoms with Crippen molar-refractivity contribution in [3.8, 4) is 5.75 Å². The van der Waals surface area contributed by atoms with Crippen LogP contribution in [0.1, 0.15) is 18.9 Å². The van der Waals surface area contributed by atoms with E-state index in [4.69, 9.17) is 17.0 Å². The number of carbonyl (C=O) groups is 2. The number of hydrogen-bond acceptors (Lipinski definition) is 5. The highest BCUT2D eigenvalue weighted by Crippen LogP contribution is 2.31. The molecule has 1 N–H and O–H groups in total. The minimum Gasteiger partial charge on any atom is -0.492 e. The first-order valence-electron chi connectivity index (χ1n) is 9.57. The third-order valence-corrected chi connectivity index (χ3v) is 5.63. The first kappa shape index (κ1) is 21.8. The average molecular weight is 439 g/mol. The maximum Gasteiger partial charge on any atom is 0.266 e. The Hall–Kier alpha value is -2.90. The van der Waals surface area contributed by atoms with Crippen molar-refractivity contribution >= 4 is 51.9 Å². The number of nitrogens with one attached hydrogen (secondary N) is 1. The zero-order chi connectivity index (χ0) is 21.3. The van der Waals surface area contributed by atoms with Gasteiger partial charge < -0.3 is 10.1 Å². The van der Waals surface area contributed by atoms with Gasteiger partial charge in [-0.3, -0.25) is 14.5 Å². The largest absolute Gasteiger partial charge is 0.492 e. The smallest absolute Gasteiger partial charge is 0.266 e. The molecule has 1 saturated heterocycles. The first-order valence-corrected chi connectivity index (χ1v) is 10.8. The van der Waals surface area contributed by atoms with E-state index in [2.05, 4.69) is 5.32 Å². The quantitative estimate of drug-likeness (QED) is 0.471. The van der Waals surface area contributed by atoms with Gasteiger partial charge in [0.25, 0.3) is 5.91 Å². The number of allylic oxidation sites excluding steroid dienone is 2. The lowest BCUT2D eigenvalue weighted by atomic mass is 10.2. The molecule has 0 unspecified atom stereocenters. The van der Waals surface area contributed by atoms with E-state index in [0.29, 0.717) is 27.3 Å². The van der Waals surface area contributed by atoms with Gasteiger partial charge in [0.1, 0.15) is 10.1 Å². The first-order chi connectivity index (χ1) is 14.6. The van der Waals surface area contributed by atoms with E-state index in [1.807, 2.05) is 61.5 Å². The average Bonchev–Trinajstić information content (AvgIpc) is 3.02. The van der Waals surface area contributed by atoms with Crippen LogP contribution in [0.25, 0.3) is 6.08 Å².